The zero-order chi connectivity index (χ0) is 17.4. The first-order valence-corrected chi connectivity index (χ1v) is 8.50. The number of carbonyl (C=O) groups excluding carboxylic acids is 1. The monoisotopic (exact) mass is 362 g/mol. The molecule has 0 spiro atoms. The minimum atomic E-state index is -0.117. The lowest BCUT2D eigenvalue weighted by molar-refractivity contribution is 0.102. The minimum absolute atomic E-state index is 0. The molecule has 1 amide bonds. The summed E-state index contributed by atoms with van der Waals surface area (Å²) in [5.41, 5.74) is 2.53. The van der Waals surface area contributed by atoms with Gasteiger partial charge in [0.2, 0.25) is 0 Å². The van der Waals surface area contributed by atoms with Gasteiger partial charge in [0, 0.05) is 17.8 Å². The summed E-state index contributed by atoms with van der Waals surface area (Å²) >= 11 is 0. The van der Waals surface area contributed by atoms with Gasteiger partial charge >= 0.3 is 0 Å². The lowest BCUT2D eigenvalue weighted by Crippen LogP contribution is -2.17. The van der Waals surface area contributed by atoms with Crippen LogP contribution in [0.2, 0.25) is 0 Å². The van der Waals surface area contributed by atoms with Gasteiger partial charge in [-0.1, -0.05) is 32.0 Å². The quantitative estimate of drug-likeness (QED) is 0.718. The first-order chi connectivity index (χ1) is 11.6. The molecule has 0 heterocycles. The number of rotatable bonds is 8. The molecule has 0 bridgehead atoms. The number of hydrogen-bond donors (Lipinski definition) is 2. The number of amides is 1. The number of hydrogen-bond acceptors (Lipinski definition) is 3. The van der Waals surface area contributed by atoms with Gasteiger partial charge < -0.3 is 15.4 Å². The first-order valence-electron chi connectivity index (χ1n) is 8.50. The van der Waals surface area contributed by atoms with Gasteiger partial charge in [0.05, 0.1) is 6.10 Å². The van der Waals surface area contributed by atoms with Crippen molar-refractivity contribution in [3.05, 3.63) is 59.7 Å². The van der Waals surface area contributed by atoms with Crippen LogP contribution in [0.3, 0.4) is 0 Å². The first kappa shape index (κ1) is 21.0. The Morgan fingerprint density at radius 2 is 1.76 bits per heavy atom. The summed E-state index contributed by atoms with van der Waals surface area (Å²) in [6.07, 6.45) is 1.12. The van der Waals surface area contributed by atoms with Gasteiger partial charge in [-0.25, -0.2) is 0 Å². The maximum Gasteiger partial charge on any atom is 0.255 e. The van der Waals surface area contributed by atoms with Crippen LogP contribution in [0.4, 0.5) is 5.69 Å². The summed E-state index contributed by atoms with van der Waals surface area (Å²) in [6.45, 7) is 7.79. The van der Waals surface area contributed by atoms with Gasteiger partial charge in [0.1, 0.15) is 5.75 Å². The fraction of sp³-hybridized carbons (Fsp3) is 0.350. The van der Waals surface area contributed by atoms with Crippen LogP contribution in [0.15, 0.2) is 48.5 Å². The molecule has 2 aromatic rings. The molecule has 1 unspecified atom stereocenters. The topological polar surface area (TPSA) is 50.4 Å². The number of benzene rings is 2. The van der Waals surface area contributed by atoms with Gasteiger partial charge in [-0.3, -0.25) is 4.79 Å². The van der Waals surface area contributed by atoms with Crippen molar-refractivity contribution in [1.29, 1.82) is 0 Å². The van der Waals surface area contributed by atoms with Crippen LogP contribution in [0.25, 0.3) is 0 Å². The Bertz CT molecular complexity index is 659. The van der Waals surface area contributed by atoms with Gasteiger partial charge in [0.15, 0.2) is 0 Å². The molecule has 0 aliphatic carbocycles. The second kappa shape index (κ2) is 10.7. The highest BCUT2D eigenvalue weighted by Gasteiger charge is 2.09. The highest BCUT2D eigenvalue weighted by Crippen LogP contribution is 2.18. The maximum absolute atomic E-state index is 12.5. The fourth-order valence-corrected chi connectivity index (χ4v) is 2.25. The Balaban J connectivity index is 0.00000312. The van der Waals surface area contributed by atoms with E-state index in [1.54, 1.807) is 12.1 Å². The second-order valence-electron chi connectivity index (χ2n) is 5.75. The van der Waals surface area contributed by atoms with E-state index >= 15 is 0 Å². The molecule has 4 nitrogen and oxygen atoms in total. The third-order valence-corrected chi connectivity index (χ3v) is 3.86. The Morgan fingerprint density at radius 1 is 1.08 bits per heavy atom. The van der Waals surface area contributed by atoms with E-state index in [9.17, 15) is 4.79 Å². The predicted octanol–water partition coefficient (Wildman–Crippen LogP) is 4.65. The molecule has 0 aromatic heterocycles. The molecular weight excluding hydrogens is 336 g/mol. The van der Waals surface area contributed by atoms with E-state index < -0.39 is 0 Å². The Kier molecular flexibility index (Phi) is 9.03. The van der Waals surface area contributed by atoms with Crippen molar-refractivity contribution in [3.8, 4) is 5.75 Å². The van der Waals surface area contributed by atoms with E-state index in [4.69, 9.17) is 4.74 Å². The van der Waals surface area contributed by atoms with Gasteiger partial charge in [-0.15, -0.1) is 12.4 Å². The average Bonchev–Trinajstić information content (AvgIpc) is 2.61. The lowest BCUT2D eigenvalue weighted by Gasteiger charge is -2.13. The molecule has 5 heteroatoms. The smallest absolute Gasteiger partial charge is 0.255 e. The molecular formula is C20H27ClN2O2. The van der Waals surface area contributed by atoms with Crippen molar-refractivity contribution in [2.75, 3.05) is 11.9 Å². The molecule has 1 atom stereocenters. The summed E-state index contributed by atoms with van der Waals surface area (Å²) in [6, 6.07) is 15.1. The fourth-order valence-electron chi connectivity index (χ4n) is 2.25. The summed E-state index contributed by atoms with van der Waals surface area (Å²) in [4.78, 5) is 12.5. The largest absolute Gasteiger partial charge is 0.491 e. The Morgan fingerprint density at radius 3 is 2.40 bits per heavy atom. The van der Waals surface area contributed by atoms with E-state index in [0.29, 0.717) is 5.56 Å². The minimum Gasteiger partial charge on any atom is -0.491 e. The zero-order valence-corrected chi connectivity index (χ0v) is 15.9. The predicted molar refractivity (Wildman–Crippen MR) is 106 cm³/mol. The Hall–Kier alpha value is -2.04. The maximum atomic E-state index is 12.5. The van der Waals surface area contributed by atoms with E-state index in [0.717, 1.165) is 36.5 Å². The van der Waals surface area contributed by atoms with Crippen molar-refractivity contribution in [1.82, 2.24) is 5.32 Å². The van der Waals surface area contributed by atoms with Crippen molar-refractivity contribution < 1.29 is 9.53 Å². The van der Waals surface area contributed by atoms with Gasteiger partial charge in [-0.05, 0) is 55.8 Å². The molecule has 0 saturated heterocycles. The van der Waals surface area contributed by atoms with Crippen molar-refractivity contribution in [2.45, 2.75) is 39.8 Å². The number of para-hydroxylation sites is 1. The van der Waals surface area contributed by atoms with Crippen LogP contribution >= 0.6 is 12.4 Å². The van der Waals surface area contributed by atoms with Crippen molar-refractivity contribution >= 4 is 24.0 Å². The summed E-state index contributed by atoms with van der Waals surface area (Å²) in [5, 5.41) is 6.27. The molecule has 0 aliphatic rings. The second-order valence-corrected chi connectivity index (χ2v) is 5.75. The van der Waals surface area contributed by atoms with Crippen LogP contribution < -0.4 is 15.4 Å². The molecule has 0 radical (unpaired) electrons. The SMILES string of the molecule is CCNCc1ccccc1NC(=O)c1ccc(OC(C)CC)cc1.Cl. The number of ether oxygens (including phenoxy) is 1. The number of carbonyl (C=O) groups is 1. The zero-order valence-electron chi connectivity index (χ0n) is 15.0. The normalized spacial score (nSPS) is 11.3. The van der Waals surface area contributed by atoms with Crippen molar-refractivity contribution in [3.63, 3.8) is 0 Å². The third-order valence-electron chi connectivity index (χ3n) is 3.86. The number of nitrogens with one attached hydrogen (secondary N) is 2. The number of halogens is 1. The summed E-state index contributed by atoms with van der Waals surface area (Å²) < 4.78 is 5.74. The lowest BCUT2D eigenvalue weighted by atomic mass is 10.1. The van der Waals surface area contributed by atoms with E-state index in [2.05, 4.69) is 24.5 Å². The summed E-state index contributed by atoms with van der Waals surface area (Å²) in [7, 11) is 0. The van der Waals surface area contributed by atoms with E-state index in [1.807, 2.05) is 43.3 Å². The van der Waals surface area contributed by atoms with Crippen molar-refractivity contribution in [2.24, 2.45) is 0 Å². The van der Waals surface area contributed by atoms with Crippen LogP contribution in [0.5, 0.6) is 5.75 Å². The highest BCUT2D eigenvalue weighted by molar-refractivity contribution is 6.04. The van der Waals surface area contributed by atoms with E-state index in [1.165, 1.54) is 0 Å². The van der Waals surface area contributed by atoms with Crippen LogP contribution in [0, 0.1) is 0 Å². The molecule has 2 aromatic carbocycles. The number of anilines is 1. The molecule has 136 valence electrons. The molecule has 0 saturated carbocycles. The highest BCUT2D eigenvalue weighted by atomic mass is 35.5. The third kappa shape index (κ3) is 6.40. The molecule has 2 N–H and O–H groups in total. The van der Waals surface area contributed by atoms with Gasteiger partial charge in [0.25, 0.3) is 5.91 Å². The molecule has 2 rings (SSSR count). The molecule has 0 fully saturated rings. The van der Waals surface area contributed by atoms with Crippen LogP contribution in [-0.2, 0) is 6.54 Å². The average molecular weight is 363 g/mol. The van der Waals surface area contributed by atoms with Gasteiger partial charge in [-0.2, -0.15) is 0 Å². The summed E-state index contributed by atoms with van der Waals surface area (Å²) in [5.74, 6) is 0.669. The molecule has 0 aliphatic heterocycles. The van der Waals surface area contributed by atoms with E-state index in [-0.39, 0.29) is 24.4 Å². The Labute approximate surface area is 156 Å². The van der Waals surface area contributed by atoms with Crippen LogP contribution in [-0.4, -0.2) is 18.6 Å². The van der Waals surface area contributed by atoms with Crippen LogP contribution in [0.1, 0.15) is 43.1 Å². The standard InChI is InChI=1S/C20H26N2O2.ClH/c1-4-15(3)24-18-12-10-16(11-13-18)20(23)22-19-9-7-6-8-17(19)14-21-5-2;/h6-13,15,21H,4-5,14H2,1-3H3,(H,22,23);1H. The molecule has 25 heavy (non-hydrogen) atoms.